The molecule has 0 aliphatic carbocycles. The van der Waals surface area contributed by atoms with E-state index in [-0.39, 0.29) is 5.82 Å². The van der Waals surface area contributed by atoms with Crippen LogP contribution in [-0.2, 0) is 13.0 Å². The Balaban J connectivity index is 1.58. The van der Waals surface area contributed by atoms with Gasteiger partial charge in [-0.3, -0.25) is 0 Å². The predicted octanol–water partition coefficient (Wildman–Crippen LogP) is 2.32. The Hall–Kier alpha value is -2.90. The minimum atomic E-state index is -0.204. The molecule has 0 radical (unpaired) electrons. The van der Waals surface area contributed by atoms with Crippen molar-refractivity contribution in [2.75, 3.05) is 44.2 Å². The molecule has 156 valence electrons. The molecule has 1 aromatic heterocycles. The van der Waals surface area contributed by atoms with Crippen molar-refractivity contribution in [1.29, 1.82) is 0 Å². The van der Waals surface area contributed by atoms with E-state index >= 15 is 0 Å². The maximum absolute atomic E-state index is 13.2. The summed E-state index contributed by atoms with van der Waals surface area (Å²) in [6, 6.07) is 6.70. The lowest BCUT2D eigenvalue weighted by atomic mass is 10.2. The number of hydrogen-bond donors (Lipinski definition) is 1. The van der Waals surface area contributed by atoms with E-state index in [2.05, 4.69) is 43.4 Å². The highest BCUT2D eigenvalue weighted by Crippen LogP contribution is 2.17. The Morgan fingerprint density at radius 2 is 1.93 bits per heavy atom. The van der Waals surface area contributed by atoms with Crippen LogP contribution >= 0.6 is 0 Å². The molecule has 1 aliphatic rings. The summed E-state index contributed by atoms with van der Waals surface area (Å²) in [4.78, 5) is 9.29. The highest BCUT2D eigenvalue weighted by atomic mass is 19.1. The number of nitrogens with one attached hydrogen (secondary N) is 1. The average molecular weight is 400 g/mol. The third-order valence-corrected chi connectivity index (χ3v) is 4.92. The third kappa shape index (κ3) is 5.79. The minimum Gasteiger partial charge on any atom is -0.368 e. The van der Waals surface area contributed by atoms with Crippen molar-refractivity contribution in [2.24, 2.45) is 4.99 Å². The second-order valence-electron chi connectivity index (χ2n) is 7.27. The van der Waals surface area contributed by atoms with Gasteiger partial charge in [0.2, 0.25) is 0 Å². The predicted molar refractivity (Wildman–Crippen MR) is 115 cm³/mol. The molecule has 2 aromatic rings. The SMILES string of the molecule is C=C(C)CN=C(NCCn1cnnc1CC)N1CCN(c2ccc(F)cc2)CC1. The van der Waals surface area contributed by atoms with Gasteiger partial charge in [0.1, 0.15) is 18.0 Å². The smallest absolute Gasteiger partial charge is 0.194 e. The third-order valence-electron chi connectivity index (χ3n) is 4.92. The van der Waals surface area contributed by atoms with Crippen LogP contribution in [0, 0.1) is 5.82 Å². The summed E-state index contributed by atoms with van der Waals surface area (Å²) in [5.74, 6) is 1.68. The lowest BCUT2D eigenvalue weighted by molar-refractivity contribution is 0.371. The number of piperazine rings is 1. The van der Waals surface area contributed by atoms with Crippen LogP contribution in [0.15, 0.2) is 47.7 Å². The topological polar surface area (TPSA) is 61.6 Å². The van der Waals surface area contributed by atoms with Gasteiger partial charge < -0.3 is 19.7 Å². The molecule has 0 spiro atoms. The van der Waals surface area contributed by atoms with Gasteiger partial charge in [-0.05, 0) is 31.2 Å². The van der Waals surface area contributed by atoms with Gasteiger partial charge in [-0.25, -0.2) is 9.38 Å². The molecule has 2 heterocycles. The van der Waals surface area contributed by atoms with E-state index in [0.717, 1.165) is 68.7 Å². The van der Waals surface area contributed by atoms with Gasteiger partial charge in [-0.15, -0.1) is 10.2 Å². The molecule has 0 bridgehead atoms. The number of aliphatic imine (C=N–C) groups is 1. The van der Waals surface area contributed by atoms with Gasteiger partial charge in [0, 0.05) is 51.4 Å². The summed E-state index contributed by atoms with van der Waals surface area (Å²) in [5.41, 5.74) is 2.08. The van der Waals surface area contributed by atoms with Gasteiger partial charge in [0.05, 0.1) is 6.54 Å². The van der Waals surface area contributed by atoms with Crippen LogP contribution in [-0.4, -0.2) is 64.9 Å². The zero-order valence-electron chi connectivity index (χ0n) is 17.3. The second-order valence-corrected chi connectivity index (χ2v) is 7.27. The number of aryl methyl sites for hydroxylation is 1. The molecule has 0 amide bonds. The summed E-state index contributed by atoms with van der Waals surface area (Å²) in [5, 5.41) is 11.6. The number of benzene rings is 1. The lowest BCUT2D eigenvalue weighted by Crippen LogP contribution is -2.53. The fourth-order valence-electron chi connectivity index (χ4n) is 3.33. The van der Waals surface area contributed by atoms with Crippen LogP contribution in [0.1, 0.15) is 19.7 Å². The van der Waals surface area contributed by atoms with Crippen LogP contribution in [0.25, 0.3) is 0 Å². The van der Waals surface area contributed by atoms with Crippen LogP contribution in [0.5, 0.6) is 0 Å². The number of halogens is 1. The summed E-state index contributed by atoms with van der Waals surface area (Å²) in [7, 11) is 0. The van der Waals surface area contributed by atoms with E-state index in [0.29, 0.717) is 6.54 Å². The summed E-state index contributed by atoms with van der Waals surface area (Å²) in [6.45, 7) is 13.6. The average Bonchev–Trinajstić information content (AvgIpc) is 3.18. The highest BCUT2D eigenvalue weighted by molar-refractivity contribution is 5.80. The quantitative estimate of drug-likeness (QED) is 0.440. The molecular weight excluding hydrogens is 369 g/mol. The zero-order chi connectivity index (χ0) is 20.6. The summed E-state index contributed by atoms with van der Waals surface area (Å²) >= 11 is 0. The maximum Gasteiger partial charge on any atom is 0.194 e. The minimum absolute atomic E-state index is 0.204. The molecule has 1 aliphatic heterocycles. The van der Waals surface area contributed by atoms with Crippen LogP contribution < -0.4 is 10.2 Å². The van der Waals surface area contributed by atoms with E-state index in [4.69, 9.17) is 4.99 Å². The number of anilines is 1. The molecule has 1 fully saturated rings. The van der Waals surface area contributed by atoms with Crippen LogP contribution in [0.3, 0.4) is 0 Å². The van der Waals surface area contributed by atoms with Gasteiger partial charge in [-0.2, -0.15) is 0 Å². The molecule has 1 saturated heterocycles. The number of rotatable bonds is 7. The summed E-state index contributed by atoms with van der Waals surface area (Å²) in [6.07, 6.45) is 2.63. The molecule has 0 saturated carbocycles. The Kier molecular flexibility index (Phi) is 7.21. The molecule has 8 heteroatoms. The Labute approximate surface area is 171 Å². The molecule has 7 nitrogen and oxygen atoms in total. The highest BCUT2D eigenvalue weighted by Gasteiger charge is 2.20. The van der Waals surface area contributed by atoms with Gasteiger partial charge in [0.15, 0.2) is 5.96 Å². The van der Waals surface area contributed by atoms with E-state index in [9.17, 15) is 4.39 Å². The first kappa shape index (κ1) is 20.8. The number of guanidine groups is 1. The first-order valence-electron chi connectivity index (χ1n) is 10.1. The van der Waals surface area contributed by atoms with Crippen molar-refractivity contribution in [1.82, 2.24) is 25.0 Å². The normalized spacial score (nSPS) is 14.9. The Bertz CT molecular complexity index is 820. The van der Waals surface area contributed by atoms with Crippen molar-refractivity contribution in [3.8, 4) is 0 Å². The fourth-order valence-corrected chi connectivity index (χ4v) is 3.33. The number of hydrogen-bond acceptors (Lipinski definition) is 4. The monoisotopic (exact) mass is 399 g/mol. The molecule has 0 atom stereocenters. The van der Waals surface area contributed by atoms with E-state index in [1.807, 2.05) is 19.1 Å². The molecule has 29 heavy (non-hydrogen) atoms. The van der Waals surface area contributed by atoms with Crippen molar-refractivity contribution in [3.63, 3.8) is 0 Å². The fraction of sp³-hybridized carbons (Fsp3) is 0.476. The van der Waals surface area contributed by atoms with Crippen molar-refractivity contribution < 1.29 is 4.39 Å². The standard InChI is InChI=1S/C21H30FN7/c1-4-20-26-25-16-29(20)10-9-23-21(24-15-17(2)3)28-13-11-27(12-14-28)19-7-5-18(22)6-8-19/h5-8,16H,2,4,9-15H2,1,3H3,(H,23,24). The van der Waals surface area contributed by atoms with E-state index < -0.39 is 0 Å². The Morgan fingerprint density at radius 1 is 1.21 bits per heavy atom. The first-order valence-corrected chi connectivity index (χ1v) is 10.1. The zero-order valence-corrected chi connectivity index (χ0v) is 17.3. The molecule has 3 rings (SSSR count). The number of aromatic nitrogens is 3. The first-order chi connectivity index (χ1) is 14.1. The van der Waals surface area contributed by atoms with Crippen molar-refractivity contribution in [2.45, 2.75) is 26.8 Å². The van der Waals surface area contributed by atoms with Crippen LogP contribution in [0.2, 0.25) is 0 Å². The largest absolute Gasteiger partial charge is 0.368 e. The van der Waals surface area contributed by atoms with E-state index in [1.54, 1.807) is 6.33 Å². The molecular formula is C21H30FN7. The second kappa shape index (κ2) is 10.0. The van der Waals surface area contributed by atoms with Gasteiger partial charge in [-0.1, -0.05) is 19.1 Å². The number of nitrogens with zero attached hydrogens (tertiary/aromatic N) is 6. The summed E-state index contributed by atoms with van der Waals surface area (Å²) < 4.78 is 15.2. The van der Waals surface area contributed by atoms with Crippen molar-refractivity contribution in [3.05, 3.63) is 54.4 Å². The van der Waals surface area contributed by atoms with Crippen LogP contribution in [0.4, 0.5) is 10.1 Å². The molecule has 1 aromatic carbocycles. The molecule has 1 N–H and O–H groups in total. The molecule has 0 unspecified atom stereocenters. The van der Waals surface area contributed by atoms with Gasteiger partial charge in [0.25, 0.3) is 0 Å². The van der Waals surface area contributed by atoms with Crippen molar-refractivity contribution >= 4 is 11.6 Å². The maximum atomic E-state index is 13.2. The Morgan fingerprint density at radius 3 is 2.59 bits per heavy atom. The van der Waals surface area contributed by atoms with Gasteiger partial charge >= 0.3 is 0 Å². The van der Waals surface area contributed by atoms with E-state index in [1.165, 1.54) is 12.1 Å². The lowest BCUT2D eigenvalue weighted by Gasteiger charge is -2.37.